The molecule has 0 aliphatic carbocycles. The fraction of sp³-hybridized carbons (Fsp3) is 0.250. The third-order valence-corrected chi connectivity index (χ3v) is 1.35. The molecule has 1 nitrogen and oxygen atoms in total. The van der Waals surface area contributed by atoms with Crippen LogP contribution >= 0.6 is 0 Å². The van der Waals surface area contributed by atoms with Crippen LogP contribution < -0.4 is 17.5 Å². The van der Waals surface area contributed by atoms with Gasteiger partial charge in [0.15, 0.2) is 0 Å². The number of rotatable bonds is 1. The summed E-state index contributed by atoms with van der Waals surface area (Å²) in [4.78, 5) is 0. The van der Waals surface area contributed by atoms with Crippen molar-refractivity contribution in [3.05, 3.63) is 29.8 Å². The number of aryl methyl sites for hydroxylation is 1. The second-order valence-corrected chi connectivity index (χ2v) is 1.96. The molecule has 0 heterocycles. The Morgan fingerprint density at radius 1 is 1.27 bits per heavy atom. The van der Waals surface area contributed by atoms with Crippen LogP contribution in [-0.4, -0.2) is 0 Å². The number of halogens is 1. The van der Waals surface area contributed by atoms with Crippen molar-refractivity contribution in [2.24, 2.45) is 0 Å². The Morgan fingerprint density at radius 3 is 2.18 bits per heavy atom. The standard InChI is InChI=1S/C8H10O.ClH.Zr/c1-2-7-5-3-4-6-8(7)9;;/h3-6,9H,2H2,1H3;1H;/q;;+2/p-2. The SMILES string of the molecule is CCc1ccccc1[O-].[Cl-].[Zr+2]. The zero-order valence-electron chi connectivity index (χ0n) is 6.30. The van der Waals surface area contributed by atoms with Crippen LogP contribution in [0, 0.1) is 0 Å². The van der Waals surface area contributed by atoms with Crippen LogP contribution in [0.25, 0.3) is 0 Å². The molecular formula is C8H9ClOZr. The van der Waals surface area contributed by atoms with Crippen molar-refractivity contribution in [3.63, 3.8) is 0 Å². The molecule has 1 aromatic carbocycles. The van der Waals surface area contributed by atoms with Crippen LogP contribution in [0.3, 0.4) is 0 Å². The quantitative estimate of drug-likeness (QED) is 0.582. The molecule has 0 atom stereocenters. The smallest absolute Gasteiger partial charge is 1.00 e. The van der Waals surface area contributed by atoms with Gasteiger partial charge in [-0.2, -0.15) is 0 Å². The summed E-state index contributed by atoms with van der Waals surface area (Å²) in [7, 11) is 0. The summed E-state index contributed by atoms with van der Waals surface area (Å²) in [6, 6.07) is 7.11. The molecule has 0 aliphatic heterocycles. The molecule has 11 heavy (non-hydrogen) atoms. The summed E-state index contributed by atoms with van der Waals surface area (Å²) in [5.74, 6) is 0.153. The van der Waals surface area contributed by atoms with Gasteiger partial charge in [-0.15, -0.1) is 5.75 Å². The predicted molar refractivity (Wildman–Crippen MR) is 35.3 cm³/mol. The minimum atomic E-state index is 0. The third-order valence-electron chi connectivity index (χ3n) is 1.35. The van der Waals surface area contributed by atoms with Gasteiger partial charge >= 0.3 is 26.2 Å². The van der Waals surface area contributed by atoms with E-state index in [2.05, 4.69) is 0 Å². The zero-order chi connectivity index (χ0) is 6.69. The van der Waals surface area contributed by atoms with E-state index in [0.717, 1.165) is 12.0 Å². The van der Waals surface area contributed by atoms with Gasteiger partial charge in [0.05, 0.1) is 0 Å². The molecule has 1 rings (SSSR count). The summed E-state index contributed by atoms with van der Waals surface area (Å²) in [6.07, 6.45) is 0.833. The number of hydrogen-bond donors (Lipinski definition) is 0. The minimum absolute atomic E-state index is 0. The van der Waals surface area contributed by atoms with Gasteiger partial charge < -0.3 is 17.5 Å². The summed E-state index contributed by atoms with van der Waals surface area (Å²) in [6.45, 7) is 1.98. The molecule has 0 saturated heterocycles. The molecular weight excluding hydrogens is 239 g/mol. The van der Waals surface area contributed by atoms with Gasteiger partial charge in [0.25, 0.3) is 0 Å². The van der Waals surface area contributed by atoms with Crippen LogP contribution in [0.5, 0.6) is 5.75 Å². The van der Waals surface area contributed by atoms with E-state index in [4.69, 9.17) is 0 Å². The fourth-order valence-electron chi connectivity index (χ4n) is 0.796. The summed E-state index contributed by atoms with van der Waals surface area (Å²) in [5, 5.41) is 10.9. The van der Waals surface area contributed by atoms with Gasteiger partial charge in [-0.05, 0) is 6.42 Å². The van der Waals surface area contributed by atoms with Crippen molar-refractivity contribution in [3.8, 4) is 5.75 Å². The van der Waals surface area contributed by atoms with E-state index in [1.165, 1.54) is 0 Å². The normalized spacial score (nSPS) is 7.73. The molecule has 3 heteroatoms. The van der Waals surface area contributed by atoms with Gasteiger partial charge in [-0.25, -0.2) is 0 Å². The molecule has 0 aromatic heterocycles. The largest absolute Gasteiger partial charge is 2.00 e. The maximum Gasteiger partial charge on any atom is 2.00 e. The van der Waals surface area contributed by atoms with Gasteiger partial charge in [-0.1, -0.05) is 36.8 Å². The van der Waals surface area contributed by atoms with Crippen LogP contribution in [-0.2, 0) is 32.6 Å². The molecule has 0 N–H and O–H groups in total. The van der Waals surface area contributed by atoms with E-state index in [-0.39, 0.29) is 44.4 Å². The van der Waals surface area contributed by atoms with E-state index >= 15 is 0 Å². The van der Waals surface area contributed by atoms with Crippen molar-refractivity contribution in [2.75, 3.05) is 0 Å². The van der Waals surface area contributed by atoms with E-state index in [1.54, 1.807) is 12.1 Å². The van der Waals surface area contributed by atoms with Crippen molar-refractivity contribution in [1.82, 2.24) is 0 Å². The van der Waals surface area contributed by atoms with Gasteiger partial charge in [0, 0.05) is 0 Å². The molecule has 0 amide bonds. The van der Waals surface area contributed by atoms with Crippen LogP contribution in [0.2, 0.25) is 0 Å². The number of hydrogen-bond acceptors (Lipinski definition) is 1. The number of para-hydroxylation sites is 1. The second kappa shape index (κ2) is 6.88. The maximum atomic E-state index is 10.9. The second-order valence-electron chi connectivity index (χ2n) is 1.96. The Hall–Kier alpha value is 0.193. The van der Waals surface area contributed by atoms with Crippen LogP contribution in [0.15, 0.2) is 24.3 Å². The first kappa shape index (κ1) is 13.8. The fourth-order valence-corrected chi connectivity index (χ4v) is 0.796. The summed E-state index contributed by atoms with van der Waals surface area (Å²) in [5.41, 5.74) is 0.900. The average Bonchev–Trinajstić information content (AvgIpc) is 1.89. The average molecular weight is 248 g/mol. The Kier molecular flexibility index (Phi) is 8.60. The van der Waals surface area contributed by atoms with Crippen molar-refractivity contribution >= 4 is 0 Å². The van der Waals surface area contributed by atoms with E-state index < -0.39 is 0 Å². The van der Waals surface area contributed by atoms with Gasteiger partial charge in [0.1, 0.15) is 0 Å². The zero-order valence-corrected chi connectivity index (χ0v) is 9.52. The molecule has 0 bridgehead atoms. The first-order valence-corrected chi connectivity index (χ1v) is 3.09. The molecule has 58 valence electrons. The first-order chi connectivity index (χ1) is 4.34. The molecule has 0 fully saturated rings. The van der Waals surface area contributed by atoms with E-state index in [0.29, 0.717) is 0 Å². The van der Waals surface area contributed by atoms with Crippen molar-refractivity contribution in [2.45, 2.75) is 13.3 Å². The first-order valence-electron chi connectivity index (χ1n) is 3.09. The molecule has 0 saturated carbocycles. The monoisotopic (exact) mass is 246 g/mol. The van der Waals surface area contributed by atoms with Gasteiger partial charge in [0.2, 0.25) is 0 Å². The van der Waals surface area contributed by atoms with E-state index in [1.807, 2.05) is 19.1 Å². The van der Waals surface area contributed by atoms with Crippen LogP contribution in [0.1, 0.15) is 12.5 Å². The molecule has 0 radical (unpaired) electrons. The molecule has 1 aromatic rings. The van der Waals surface area contributed by atoms with Crippen molar-refractivity contribution < 1.29 is 43.7 Å². The Bertz CT molecular complexity index is 203. The van der Waals surface area contributed by atoms with E-state index in [9.17, 15) is 5.11 Å². The number of benzene rings is 1. The molecule has 0 aliphatic rings. The molecule has 0 unspecified atom stereocenters. The maximum absolute atomic E-state index is 10.9. The Labute approximate surface area is 92.4 Å². The summed E-state index contributed by atoms with van der Waals surface area (Å²) >= 11 is 0. The predicted octanol–water partition coefficient (Wildman–Crippen LogP) is -1.68. The van der Waals surface area contributed by atoms with Crippen molar-refractivity contribution in [1.29, 1.82) is 0 Å². The van der Waals surface area contributed by atoms with Crippen LogP contribution in [0.4, 0.5) is 0 Å². The summed E-state index contributed by atoms with van der Waals surface area (Å²) < 4.78 is 0. The third kappa shape index (κ3) is 3.93. The molecule has 0 spiro atoms. The minimum Gasteiger partial charge on any atom is -1.00 e. The topological polar surface area (TPSA) is 23.1 Å². The Balaban J connectivity index is 0. The van der Waals surface area contributed by atoms with Gasteiger partial charge in [-0.3, -0.25) is 0 Å². The Morgan fingerprint density at radius 2 is 1.82 bits per heavy atom.